The van der Waals surface area contributed by atoms with Crippen molar-refractivity contribution in [3.63, 3.8) is 0 Å². The standard InChI is InChI=1S/C14H19N3/c1-9-4-5-11-12(6-9)17(13(15)16-11)8-10-7-14(10,2)3/h4-6,10H,7-8H2,1-3H3,(H2,15,16). The van der Waals surface area contributed by atoms with Gasteiger partial charge in [0, 0.05) is 6.54 Å². The Bertz CT molecular complexity index is 580. The lowest BCUT2D eigenvalue weighted by atomic mass is 10.1. The van der Waals surface area contributed by atoms with E-state index in [1.165, 1.54) is 17.5 Å². The number of hydrogen-bond acceptors (Lipinski definition) is 2. The number of rotatable bonds is 2. The van der Waals surface area contributed by atoms with Crippen LogP contribution in [0.3, 0.4) is 0 Å². The Labute approximate surface area is 102 Å². The molecule has 90 valence electrons. The lowest BCUT2D eigenvalue weighted by molar-refractivity contribution is 0.507. The van der Waals surface area contributed by atoms with Crippen LogP contribution in [0.2, 0.25) is 0 Å². The average molecular weight is 229 g/mol. The predicted octanol–water partition coefficient (Wildman–Crippen LogP) is 2.97. The number of aryl methyl sites for hydroxylation is 1. The summed E-state index contributed by atoms with van der Waals surface area (Å²) in [6, 6.07) is 6.31. The van der Waals surface area contributed by atoms with Crippen LogP contribution in [-0.4, -0.2) is 9.55 Å². The molecular formula is C14H19N3. The van der Waals surface area contributed by atoms with Crippen molar-refractivity contribution in [2.45, 2.75) is 33.7 Å². The summed E-state index contributed by atoms with van der Waals surface area (Å²) in [4.78, 5) is 4.42. The molecule has 2 aromatic rings. The van der Waals surface area contributed by atoms with E-state index < -0.39 is 0 Å². The fourth-order valence-electron chi connectivity index (χ4n) is 2.55. The molecule has 1 saturated carbocycles. The third-order valence-electron chi connectivity index (χ3n) is 4.05. The summed E-state index contributed by atoms with van der Waals surface area (Å²) in [5, 5.41) is 0. The van der Waals surface area contributed by atoms with E-state index in [1.54, 1.807) is 0 Å². The van der Waals surface area contributed by atoms with Gasteiger partial charge in [-0.3, -0.25) is 0 Å². The first kappa shape index (κ1) is 10.6. The van der Waals surface area contributed by atoms with Gasteiger partial charge in [0.2, 0.25) is 5.95 Å². The fourth-order valence-corrected chi connectivity index (χ4v) is 2.55. The third-order valence-corrected chi connectivity index (χ3v) is 4.05. The molecule has 0 bridgehead atoms. The van der Waals surface area contributed by atoms with Gasteiger partial charge in [0.05, 0.1) is 11.0 Å². The second kappa shape index (κ2) is 3.25. The van der Waals surface area contributed by atoms with Crippen LogP contribution in [0.5, 0.6) is 0 Å². The van der Waals surface area contributed by atoms with Crippen LogP contribution < -0.4 is 5.73 Å². The molecule has 17 heavy (non-hydrogen) atoms. The highest BCUT2D eigenvalue weighted by Crippen LogP contribution is 2.52. The van der Waals surface area contributed by atoms with Crippen LogP contribution >= 0.6 is 0 Å². The Balaban J connectivity index is 2.03. The largest absolute Gasteiger partial charge is 0.369 e. The van der Waals surface area contributed by atoms with Crippen LogP contribution in [0, 0.1) is 18.3 Å². The van der Waals surface area contributed by atoms with Crippen LogP contribution in [0.1, 0.15) is 25.8 Å². The molecule has 1 unspecified atom stereocenters. The number of aromatic nitrogens is 2. The molecule has 1 aromatic heterocycles. The Hall–Kier alpha value is -1.51. The zero-order chi connectivity index (χ0) is 12.2. The van der Waals surface area contributed by atoms with Crippen molar-refractivity contribution in [2.24, 2.45) is 11.3 Å². The van der Waals surface area contributed by atoms with E-state index in [2.05, 4.69) is 48.5 Å². The van der Waals surface area contributed by atoms with E-state index in [-0.39, 0.29) is 0 Å². The lowest BCUT2D eigenvalue weighted by Gasteiger charge is -2.08. The minimum Gasteiger partial charge on any atom is -0.369 e. The zero-order valence-electron chi connectivity index (χ0n) is 10.7. The van der Waals surface area contributed by atoms with E-state index in [0.29, 0.717) is 11.4 Å². The number of hydrogen-bond donors (Lipinski definition) is 1. The smallest absolute Gasteiger partial charge is 0.201 e. The number of anilines is 1. The Morgan fingerprint density at radius 1 is 1.47 bits per heavy atom. The molecule has 1 atom stereocenters. The molecular weight excluding hydrogens is 210 g/mol. The van der Waals surface area contributed by atoms with Gasteiger partial charge in [-0.15, -0.1) is 0 Å². The highest BCUT2D eigenvalue weighted by Gasteiger charge is 2.45. The molecule has 2 N–H and O–H groups in total. The van der Waals surface area contributed by atoms with Crippen LogP contribution in [0.25, 0.3) is 11.0 Å². The van der Waals surface area contributed by atoms with Gasteiger partial charge in [0.25, 0.3) is 0 Å². The first-order chi connectivity index (χ1) is 7.97. The molecule has 1 fully saturated rings. The average Bonchev–Trinajstić information content (AvgIpc) is 2.73. The number of benzene rings is 1. The molecule has 1 aliphatic carbocycles. The third kappa shape index (κ3) is 1.70. The van der Waals surface area contributed by atoms with E-state index in [9.17, 15) is 0 Å². The molecule has 0 saturated heterocycles. The number of fused-ring (bicyclic) bond motifs is 1. The summed E-state index contributed by atoms with van der Waals surface area (Å²) in [6.07, 6.45) is 1.29. The van der Waals surface area contributed by atoms with Gasteiger partial charge in [-0.2, -0.15) is 0 Å². The first-order valence-electron chi connectivity index (χ1n) is 6.20. The van der Waals surface area contributed by atoms with Crippen LogP contribution in [-0.2, 0) is 6.54 Å². The van der Waals surface area contributed by atoms with Crippen molar-refractivity contribution in [3.05, 3.63) is 23.8 Å². The van der Waals surface area contributed by atoms with Crippen molar-refractivity contribution in [2.75, 3.05) is 5.73 Å². The molecule has 3 heteroatoms. The Morgan fingerprint density at radius 2 is 2.18 bits per heavy atom. The number of nitrogens with zero attached hydrogens (tertiary/aromatic N) is 2. The summed E-state index contributed by atoms with van der Waals surface area (Å²) < 4.78 is 2.17. The second-order valence-corrected chi connectivity index (χ2v) is 5.96. The van der Waals surface area contributed by atoms with Crippen molar-refractivity contribution in [1.82, 2.24) is 9.55 Å². The molecule has 1 aromatic carbocycles. The van der Waals surface area contributed by atoms with E-state index in [1.807, 2.05) is 0 Å². The minimum absolute atomic E-state index is 0.479. The summed E-state index contributed by atoms with van der Waals surface area (Å²) in [7, 11) is 0. The van der Waals surface area contributed by atoms with Crippen LogP contribution in [0.15, 0.2) is 18.2 Å². The van der Waals surface area contributed by atoms with Gasteiger partial charge >= 0.3 is 0 Å². The van der Waals surface area contributed by atoms with Crippen molar-refractivity contribution < 1.29 is 0 Å². The first-order valence-corrected chi connectivity index (χ1v) is 6.20. The minimum atomic E-state index is 0.479. The molecule has 0 spiro atoms. The Morgan fingerprint density at radius 3 is 2.82 bits per heavy atom. The number of imidazole rings is 1. The molecule has 1 heterocycles. The van der Waals surface area contributed by atoms with Gasteiger partial charge in [-0.1, -0.05) is 19.9 Å². The summed E-state index contributed by atoms with van der Waals surface area (Å²) >= 11 is 0. The highest BCUT2D eigenvalue weighted by molar-refractivity contribution is 5.79. The summed E-state index contributed by atoms with van der Waals surface area (Å²) in [6.45, 7) is 7.74. The maximum absolute atomic E-state index is 6.02. The predicted molar refractivity (Wildman–Crippen MR) is 70.8 cm³/mol. The van der Waals surface area contributed by atoms with E-state index >= 15 is 0 Å². The van der Waals surface area contributed by atoms with E-state index in [0.717, 1.165) is 18.0 Å². The van der Waals surface area contributed by atoms with Crippen molar-refractivity contribution >= 4 is 17.0 Å². The SMILES string of the molecule is Cc1ccc2nc(N)n(CC3CC3(C)C)c2c1. The second-order valence-electron chi connectivity index (χ2n) is 5.96. The number of nitrogen functional groups attached to an aromatic ring is 1. The fraction of sp³-hybridized carbons (Fsp3) is 0.500. The van der Waals surface area contributed by atoms with Crippen LogP contribution in [0.4, 0.5) is 5.95 Å². The quantitative estimate of drug-likeness (QED) is 0.860. The molecule has 3 rings (SSSR count). The maximum Gasteiger partial charge on any atom is 0.201 e. The Kier molecular flexibility index (Phi) is 2.03. The van der Waals surface area contributed by atoms with E-state index in [4.69, 9.17) is 5.73 Å². The molecule has 0 amide bonds. The molecule has 3 nitrogen and oxygen atoms in total. The summed E-state index contributed by atoms with van der Waals surface area (Å²) in [5.74, 6) is 1.39. The highest BCUT2D eigenvalue weighted by atomic mass is 15.2. The monoisotopic (exact) mass is 229 g/mol. The molecule has 0 aliphatic heterocycles. The summed E-state index contributed by atoms with van der Waals surface area (Å²) in [5.41, 5.74) is 9.93. The van der Waals surface area contributed by atoms with Gasteiger partial charge in [-0.05, 0) is 42.4 Å². The molecule has 0 radical (unpaired) electrons. The maximum atomic E-state index is 6.02. The van der Waals surface area contributed by atoms with Gasteiger partial charge in [0.15, 0.2) is 0 Å². The lowest BCUT2D eigenvalue weighted by Crippen LogP contribution is -2.07. The molecule has 1 aliphatic rings. The van der Waals surface area contributed by atoms with Crippen molar-refractivity contribution in [3.8, 4) is 0 Å². The van der Waals surface area contributed by atoms with Crippen molar-refractivity contribution in [1.29, 1.82) is 0 Å². The zero-order valence-corrected chi connectivity index (χ0v) is 10.7. The topological polar surface area (TPSA) is 43.8 Å². The normalized spacial score (nSPS) is 21.9. The van der Waals surface area contributed by atoms with Gasteiger partial charge in [-0.25, -0.2) is 4.98 Å². The van der Waals surface area contributed by atoms with Gasteiger partial charge < -0.3 is 10.3 Å². The number of nitrogens with two attached hydrogens (primary N) is 1. The van der Waals surface area contributed by atoms with Gasteiger partial charge in [0.1, 0.15) is 0 Å².